The Morgan fingerprint density at radius 2 is 1.73 bits per heavy atom. The Labute approximate surface area is 71.8 Å². The van der Waals surface area contributed by atoms with Crippen LogP contribution in [-0.4, -0.2) is 0 Å². The van der Waals surface area contributed by atoms with Crippen LogP contribution in [0.25, 0.3) is 0 Å². The molecule has 0 N–H and O–H groups in total. The van der Waals surface area contributed by atoms with Crippen molar-refractivity contribution in [2.24, 2.45) is 0 Å². The van der Waals surface area contributed by atoms with Crippen molar-refractivity contribution in [1.82, 2.24) is 0 Å². The second-order valence-corrected chi connectivity index (χ2v) is 2.99. The minimum Gasteiger partial charge on any atom is -0.207 e. The molecule has 0 amide bonds. The zero-order valence-corrected chi connectivity index (χ0v) is 7.58. The summed E-state index contributed by atoms with van der Waals surface area (Å²) < 4.78 is 12.7. The summed E-state index contributed by atoms with van der Waals surface area (Å²) >= 11 is 4.16. The zero-order valence-electron chi connectivity index (χ0n) is 6.69. The third-order valence-electron chi connectivity index (χ3n) is 1.82. The smallest absolute Gasteiger partial charge is 0.123 e. The maximum atomic E-state index is 12.7. The summed E-state index contributed by atoms with van der Waals surface area (Å²) in [5.41, 5.74) is 3.10. The van der Waals surface area contributed by atoms with Crippen molar-refractivity contribution in [3.63, 3.8) is 0 Å². The van der Waals surface area contributed by atoms with Crippen LogP contribution in [0.15, 0.2) is 12.1 Å². The molecular formula is C9H11FS. The van der Waals surface area contributed by atoms with E-state index >= 15 is 0 Å². The van der Waals surface area contributed by atoms with Gasteiger partial charge in [-0.1, -0.05) is 0 Å². The molecule has 0 spiro atoms. The van der Waals surface area contributed by atoms with Crippen LogP contribution in [0.1, 0.15) is 16.7 Å². The van der Waals surface area contributed by atoms with Gasteiger partial charge in [0.25, 0.3) is 0 Å². The first-order valence-corrected chi connectivity index (χ1v) is 4.15. The number of rotatable bonds is 1. The lowest BCUT2D eigenvalue weighted by atomic mass is 10.0. The highest BCUT2D eigenvalue weighted by atomic mass is 32.1. The number of hydrogen-bond acceptors (Lipinski definition) is 1. The fourth-order valence-electron chi connectivity index (χ4n) is 1.19. The largest absolute Gasteiger partial charge is 0.207 e. The third kappa shape index (κ3) is 1.74. The van der Waals surface area contributed by atoms with E-state index in [9.17, 15) is 4.39 Å². The first kappa shape index (κ1) is 8.60. The Kier molecular flexibility index (Phi) is 2.55. The highest BCUT2D eigenvalue weighted by Gasteiger charge is 2.02. The highest BCUT2D eigenvalue weighted by Crippen LogP contribution is 2.17. The second kappa shape index (κ2) is 3.26. The summed E-state index contributed by atoms with van der Waals surface area (Å²) in [4.78, 5) is 0. The first-order chi connectivity index (χ1) is 5.15. The monoisotopic (exact) mass is 170 g/mol. The van der Waals surface area contributed by atoms with E-state index in [4.69, 9.17) is 0 Å². The molecule has 1 rings (SSSR count). The summed E-state index contributed by atoms with van der Waals surface area (Å²) in [5, 5.41) is 0. The van der Waals surface area contributed by atoms with Crippen molar-refractivity contribution in [1.29, 1.82) is 0 Å². The maximum absolute atomic E-state index is 12.7. The third-order valence-corrected chi connectivity index (χ3v) is 2.14. The van der Waals surface area contributed by atoms with Crippen molar-refractivity contribution < 1.29 is 4.39 Å². The fraction of sp³-hybridized carbons (Fsp3) is 0.333. The Morgan fingerprint density at radius 1 is 1.27 bits per heavy atom. The lowest BCUT2D eigenvalue weighted by molar-refractivity contribution is 0.624. The van der Waals surface area contributed by atoms with Crippen molar-refractivity contribution in [3.05, 3.63) is 34.6 Å². The molecule has 0 atom stereocenters. The van der Waals surface area contributed by atoms with Gasteiger partial charge in [-0.15, -0.1) is 0 Å². The van der Waals surface area contributed by atoms with E-state index < -0.39 is 0 Å². The molecule has 0 radical (unpaired) electrons. The molecule has 1 aromatic carbocycles. The second-order valence-electron chi connectivity index (χ2n) is 2.68. The Hall–Kier alpha value is -0.500. The van der Waals surface area contributed by atoms with Crippen LogP contribution in [0.3, 0.4) is 0 Å². The van der Waals surface area contributed by atoms with Gasteiger partial charge in [0, 0.05) is 5.75 Å². The molecule has 0 unspecified atom stereocenters. The van der Waals surface area contributed by atoms with E-state index in [0.717, 1.165) is 16.7 Å². The predicted molar refractivity (Wildman–Crippen MR) is 48.6 cm³/mol. The first-order valence-electron chi connectivity index (χ1n) is 3.51. The zero-order chi connectivity index (χ0) is 8.43. The van der Waals surface area contributed by atoms with E-state index in [1.165, 1.54) is 0 Å². The minimum atomic E-state index is -0.162. The van der Waals surface area contributed by atoms with E-state index in [1.54, 1.807) is 12.1 Å². The predicted octanol–water partition coefficient (Wildman–Crippen LogP) is 2.87. The Bertz CT molecular complexity index is 245. The van der Waals surface area contributed by atoms with E-state index in [-0.39, 0.29) is 5.82 Å². The number of hydrogen-bond donors (Lipinski definition) is 1. The standard InChI is InChI=1S/C9H11FS/c1-6-3-8(10)4-7(2)9(6)5-11/h3-4,11H,5H2,1-2H3. The molecule has 0 nitrogen and oxygen atoms in total. The average molecular weight is 170 g/mol. The molecule has 0 aromatic heterocycles. The average Bonchev–Trinajstić information content (AvgIpc) is 1.85. The van der Waals surface area contributed by atoms with Gasteiger partial charge < -0.3 is 0 Å². The molecule has 0 saturated heterocycles. The maximum Gasteiger partial charge on any atom is 0.123 e. The van der Waals surface area contributed by atoms with E-state index in [0.29, 0.717) is 5.75 Å². The molecule has 60 valence electrons. The van der Waals surface area contributed by atoms with Crippen LogP contribution in [0.4, 0.5) is 4.39 Å². The van der Waals surface area contributed by atoms with Gasteiger partial charge in [-0.3, -0.25) is 0 Å². The molecule has 0 fully saturated rings. The van der Waals surface area contributed by atoms with Crippen LogP contribution < -0.4 is 0 Å². The number of thiol groups is 1. The SMILES string of the molecule is Cc1cc(F)cc(C)c1CS. The van der Waals surface area contributed by atoms with Crippen LogP contribution in [0.5, 0.6) is 0 Å². The van der Waals surface area contributed by atoms with Crippen LogP contribution >= 0.6 is 12.6 Å². The van der Waals surface area contributed by atoms with Gasteiger partial charge in [0.15, 0.2) is 0 Å². The Balaban J connectivity index is 3.25. The van der Waals surface area contributed by atoms with Crippen molar-refractivity contribution >= 4 is 12.6 Å². The summed E-state index contributed by atoms with van der Waals surface area (Å²) in [5.74, 6) is 0.517. The van der Waals surface area contributed by atoms with Gasteiger partial charge >= 0.3 is 0 Å². The summed E-state index contributed by atoms with van der Waals surface area (Å²) in [6.07, 6.45) is 0. The van der Waals surface area contributed by atoms with Gasteiger partial charge in [0.1, 0.15) is 5.82 Å². The molecule has 0 heterocycles. The Morgan fingerprint density at radius 3 is 2.09 bits per heavy atom. The molecule has 0 aliphatic carbocycles. The molecule has 2 heteroatoms. The number of benzene rings is 1. The molecular weight excluding hydrogens is 159 g/mol. The lowest BCUT2D eigenvalue weighted by Gasteiger charge is -2.05. The van der Waals surface area contributed by atoms with Crippen LogP contribution in [0.2, 0.25) is 0 Å². The molecule has 1 aromatic rings. The summed E-state index contributed by atoms with van der Waals surface area (Å²) in [6.45, 7) is 3.81. The molecule has 0 saturated carbocycles. The van der Waals surface area contributed by atoms with Gasteiger partial charge in [-0.2, -0.15) is 12.6 Å². The van der Waals surface area contributed by atoms with Gasteiger partial charge in [0.2, 0.25) is 0 Å². The van der Waals surface area contributed by atoms with Gasteiger partial charge in [-0.05, 0) is 42.7 Å². The van der Waals surface area contributed by atoms with E-state index in [1.807, 2.05) is 13.8 Å². The summed E-state index contributed by atoms with van der Waals surface area (Å²) in [6, 6.07) is 3.08. The van der Waals surface area contributed by atoms with Crippen molar-refractivity contribution in [2.45, 2.75) is 19.6 Å². The lowest BCUT2D eigenvalue weighted by Crippen LogP contribution is -1.91. The molecule has 0 aliphatic heterocycles. The number of halogens is 1. The van der Waals surface area contributed by atoms with E-state index in [2.05, 4.69) is 12.6 Å². The molecule has 11 heavy (non-hydrogen) atoms. The van der Waals surface area contributed by atoms with Crippen LogP contribution in [0, 0.1) is 19.7 Å². The number of aryl methyl sites for hydroxylation is 2. The molecule has 0 bridgehead atoms. The summed E-state index contributed by atoms with van der Waals surface area (Å²) in [7, 11) is 0. The fourth-order valence-corrected chi connectivity index (χ4v) is 1.69. The topological polar surface area (TPSA) is 0 Å². The van der Waals surface area contributed by atoms with Crippen LogP contribution in [-0.2, 0) is 5.75 Å². The van der Waals surface area contributed by atoms with Gasteiger partial charge in [0.05, 0.1) is 0 Å². The quantitative estimate of drug-likeness (QED) is 0.615. The molecule has 0 aliphatic rings. The van der Waals surface area contributed by atoms with Crippen molar-refractivity contribution in [3.8, 4) is 0 Å². The van der Waals surface area contributed by atoms with Gasteiger partial charge in [-0.25, -0.2) is 4.39 Å². The minimum absolute atomic E-state index is 0.162. The highest BCUT2D eigenvalue weighted by molar-refractivity contribution is 7.79. The normalized spacial score (nSPS) is 10.2. The van der Waals surface area contributed by atoms with Crippen molar-refractivity contribution in [2.75, 3.05) is 0 Å².